The molecule has 5 heteroatoms. The van der Waals surface area contributed by atoms with Crippen molar-refractivity contribution in [2.24, 2.45) is 0 Å². The van der Waals surface area contributed by atoms with E-state index in [1.807, 2.05) is 13.0 Å². The van der Waals surface area contributed by atoms with Crippen molar-refractivity contribution in [3.05, 3.63) is 48.2 Å². The maximum Gasteiger partial charge on any atom is 0.144 e. The van der Waals surface area contributed by atoms with Gasteiger partial charge in [0.1, 0.15) is 11.6 Å². The summed E-state index contributed by atoms with van der Waals surface area (Å²) in [5.74, 6) is 0.561. The van der Waals surface area contributed by atoms with Gasteiger partial charge in [0, 0.05) is 18.8 Å². The normalized spacial score (nSPS) is 10.4. The van der Waals surface area contributed by atoms with Gasteiger partial charge in [0.05, 0.1) is 24.6 Å². The molecule has 2 aromatic rings. The summed E-state index contributed by atoms with van der Waals surface area (Å²) in [5, 5.41) is 3.19. The summed E-state index contributed by atoms with van der Waals surface area (Å²) in [6, 6.07) is 6.60. The van der Waals surface area contributed by atoms with Gasteiger partial charge in [0.2, 0.25) is 0 Å². The number of benzene rings is 1. The Balaban J connectivity index is 2.04. The molecule has 0 unspecified atom stereocenters. The van der Waals surface area contributed by atoms with Crippen molar-refractivity contribution in [2.75, 3.05) is 23.3 Å². The molecule has 0 atom stereocenters. The molecule has 0 aliphatic rings. The van der Waals surface area contributed by atoms with Gasteiger partial charge in [0.15, 0.2) is 0 Å². The second-order valence-electron chi connectivity index (χ2n) is 4.81. The summed E-state index contributed by atoms with van der Waals surface area (Å²) in [4.78, 5) is 10.8. The predicted molar refractivity (Wildman–Crippen MR) is 83.9 cm³/mol. The topological polar surface area (TPSA) is 41.1 Å². The van der Waals surface area contributed by atoms with E-state index >= 15 is 0 Å². The van der Waals surface area contributed by atoms with E-state index in [0.29, 0.717) is 6.54 Å². The summed E-state index contributed by atoms with van der Waals surface area (Å²) in [6.07, 6.45) is 4.55. The van der Waals surface area contributed by atoms with Crippen LogP contribution in [0.15, 0.2) is 36.7 Å². The Kier molecular flexibility index (Phi) is 5.49. The zero-order valence-electron chi connectivity index (χ0n) is 12.5. The largest absolute Gasteiger partial charge is 0.369 e. The molecule has 0 saturated heterocycles. The Morgan fingerprint density at radius 1 is 1.19 bits per heavy atom. The lowest BCUT2D eigenvalue weighted by Gasteiger charge is -2.22. The van der Waals surface area contributed by atoms with Crippen LogP contribution in [-0.4, -0.2) is 23.1 Å². The summed E-state index contributed by atoms with van der Waals surface area (Å²) >= 11 is 0. The second kappa shape index (κ2) is 7.57. The molecule has 1 aromatic carbocycles. The SMILES string of the molecule is CCCNc1cnc(CN(CC)c2cccc(F)c2)cn1. The fourth-order valence-electron chi connectivity index (χ4n) is 2.03. The van der Waals surface area contributed by atoms with E-state index in [1.54, 1.807) is 18.5 Å². The number of halogens is 1. The molecule has 0 fully saturated rings. The first-order valence-electron chi connectivity index (χ1n) is 7.28. The van der Waals surface area contributed by atoms with E-state index in [1.165, 1.54) is 12.1 Å². The van der Waals surface area contributed by atoms with Gasteiger partial charge in [-0.1, -0.05) is 13.0 Å². The highest BCUT2D eigenvalue weighted by Gasteiger charge is 2.07. The molecular formula is C16H21FN4. The van der Waals surface area contributed by atoms with Gasteiger partial charge in [-0.3, -0.25) is 4.98 Å². The van der Waals surface area contributed by atoms with Crippen LogP contribution in [-0.2, 0) is 6.54 Å². The number of rotatable bonds is 7. The zero-order chi connectivity index (χ0) is 15.1. The predicted octanol–water partition coefficient (Wildman–Crippen LogP) is 3.46. The van der Waals surface area contributed by atoms with Crippen LogP contribution in [0.25, 0.3) is 0 Å². The highest BCUT2D eigenvalue weighted by atomic mass is 19.1. The van der Waals surface area contributed by atoms with E-state index in [0.717, 1.165) is 36.7 Å². The van der Waals surface area contributed by atoms with E-state index in [9.17, 15) is 4.39 Å². The minimum atomic E-state index is -0.226. The molecule has 112 valence electrons. The molecule has 0 bridgehead atoms. The minimum Gasteiger partial charge on any atom is -0.369 e. The highest BCUT2D eigenvalue weighted by Crippen LogP contribution is 2.17. The Morgan fingerprint density at radius 2 is 2.05 bits per heavy atom. The van der Waals surface area contributed by atoms with Gasteiger partial charge in [-0.25, -0.2) is 9.37 Å². The standard InChI is InChI=1S/C16H21FN4/c1-3-8-18-16-11-19-14(10-20-16)12-21(4-2)15-7-5-6-13(17)9-15/h5-7,9-11H,3-4,8,12H2,1-2H3,(H,18,20). The van der Waals surface area contributed by atoms with E-state index in [4.69, 9.17) is 0 Å². The van der Waals surface area contributed by atoms with Crippen molar-refractivity contribution in [1.29, 1.82) is 0 Å². The Morgan fingerprint density at radius 3 is 2.67 bits per heavy atom. The molecule has 0 spiro atoms. The maximum absolute atomic E-state index is 13.3. The summed E-state index contributed by atoms with van der Waals surface area (Å²) in [5.41, 5.74) is 1.72. The lowest BCUT2D eigenvalue weighted by Crippen LogP contribution is -2.22. The van der Waals surface area contributed by atoms with Gasteiger partial charge in [-0.2, -0.15) is 0 Å². The molecule has 1 heterocycles. The van der Waals surface area contributed by atoms with Crippen LogP contribution in [0.5, 0.6) is 0 Å². The van der Waals surface area contributed by atoms with E-state index < -0.39 is 0 Å². The first-order chi connectivity index (χ1) is 10.2. The molecule has 0 saturated carbocycles. The zero-order valence-corrected chi connectivity index (χ0v) is 12.5. The fourth-order valence-corrected chi connectivity index (χ4v) is 2.03. The van der Waals surface area contributed by atoms with Crippen LogP contribution in [0.3, 0.4) is 0 Å². The van der Waals surface area contributed by atoms with E-state index in [-0.39, 0.29) is 5.82 Å². The summed E-state index contributed by atoms with van der Waals surface area (Å²) in [7, 11) is 0. The molecular weight excluding hydrogens is 267 g/mol. The Labute approximate surface area is 125 Å². The number of aromatic nitrogens is 2. The molecule has 0 aliphatic carbocycles. The van der Waals surface area contributed by atoms with Gasteiger partial charge in [0.25, 0.3) is 0 Å². The Bertz CT molecular complexity index is 556. The Hall–Kier alpha value is -2.17. The molecule has 0 aliphatic heterocycles. The lowest BCUT2D eigenvalue weighted by atomic mass is 10.2. The summed E-state index contributed by atoms with van der Waals surface area (Å²) in [6.45, 7) is 6.42. The average molecular weight is 288 g/mol. The number of anilines is 2. The third-order valence-electron chi connectivity index (χ3n) is 3.17. The van der Waals surface area contributed by atoms with Crippen molar-refractivity contribution in [3.63, 3.8) is 0 Å². The first kappa shape index (κ1) is 15.2. The molecule has 2 rings (SSSR count). The van der Waals surface area contributed by atoms with Crippen LogP contribution in [0, 0.1) is 5.82 Å². The van der Waals surface area contributed by atoms with Crippen molar-refractivity contribution in [3.8, 4) is 0 Å². The van der Waals surface area contributed by atoms with Crippen molar-refractivity contribution in [1.82, 2.24) is 9.97 Å². The molecule has 0 amide bonds. The fraction of sp³-hybridized carbons (Fsp3) is 0.375. The van der Waals surface area contributed by atoms with Crippen LogP contribution in [0.1, 0.15) is 26.0 Å². The van der Waals surface area contributed by atoms with Crippen LogP contribution >= 0.6 is 0 Å². The van der Waals surface area contributed by atoms with Gasteiger partial charge in [-0.05, 0) is 31.5 Å². The first-order valence-corrected chi connectivity index (χ1v) is 7.28. The third kappa shape index (κ3) is 4.41. The maximum atomic E-state index is 13.3. The molecule has 21 heavy (non-hydrogen) atoms. The van der Waals surface area contributed by atoms with Crippen molar-refractivity contribution >= 4 is 11.5 Å². The lowest BCUT2D eigenvalue weighted by molar-refractivity contribution is 0.626. The smallest absolute Gasteiger partial charge is 0.144 e. The van der Waals surface area contributed by atoms with Gasteiger partial charge < -0.3 is 10.2 Å². The highest BCUT2D eigenvalue weighted by molar-refractivity contribution is 5.46. The molecule has 1 aromatic heterocycles. The molecule has 0 radical (unpaired) electrons. The van der Waals surface area contributed by atoms with Crippen molar-refractivity contribution < 1.29 is 4.39 Å². The number of hydrogen-bond acceptors (Lipinski definition) is 4. The monoisotopic (exact) mass is 288 g/mol. The van der Waals surface area contributed by atoms with Gasteiger partial charge >= 0.3 is 0 Å². The van der Waals surface area contributed by atoms with E-state index in [2.05, 4.69) is 27.1 Å². The molecule has 1 N–H and O–H groups in total. The summed E-state index contributed by atoms with van der Waals surface area (Å²) < 4.78 is 13.3. The number of hydrogen-bond donors (Lipinski definition) is 1. The molecule has 4 nitrogen and oxygen atoms in total. The van der Waals surface area contributed by atoms with Crippen LogP contribution in [0.2, 0.25) is 0 Å². The van der Waals surface area contributed by atoms with Gasteiger partial charge in [-0.15, -0.1) is 0 Å². The number of nitrogens with one attached hydrogen (secondary N) is 1. The second-order valence-corrected chi connectivity index (χ2v) is 4.81. The van der Waals surface area contributed by atoms with Crippen LogP contribution in [0.4, 0.5) is 15.9 Å². The average Bonchev–Trinajstić information content (AvgIpc) is 2.51. The van der Waals surface area contributed by atoms with Crippen molar-refractivity contribution in [2.45, 2.75) is 26.8 Å². The quantitative estimate of drug-likeness (QED) is 0.847. The minimum absolute atomic E-state index is 0.226. The number of nitrogens with zero attached hydrogens (tertiary/aromatic N) is 3. The third-order valence-corrected chi connectivity index (χ3v) is 3.17. The van der Waals surface area contributed by atoms with Crippen LogP contribution < -0.4 is 10.2 Å².